The Kier molecular flexibility index (Phi) is 9.85. The molecule has 0 radical (unpaired) electrons. The van der Waals surface area contributed by atoms with Crippen LogP contribution in [0, 0.1) is 12.1 Å². The van der Waals surface area contributed by atoms with E-state index in [0.717, 1.165) is 40.1 Å². The van der Waals surface area contributed by atoms with Crippen molar-refractivity contribution in [2.24, 2.45) is 0 Å². The normalized spacial score (nSPS) is 15.5. The first-order valence-electron chi connectivity index (χ1n) is 8.83. The molecule has 0 fully saturated rings. The van der Waals surface area contributed by atoms with Crippen molar-refractivity contribution < 1.29 is 52.2 Å². The fourth-order valence-electron chi connectivity index (χ4n) is 3.68. The summed E-state index contributed by atoms with van der Waals surface area (Å²) in [5, 5.41) is 2.30. The Bertz CT molecular complexity index is 1150. The van der Waals surface area contributed by atoms with Gasteiger partial charge in [0.15, 0.2) is 5.01 Å². The fourth-order valence-corrected chi connectivity index (χ4v) is 4.15. The minimum Gasteiger partial charge on any atom is -0.147 e. The molecule has 1 nitrogen and oxygen atoms in total. The van der Waals surface area contributed by atoms with E-state index < -0.39 is 0 Å². The van der Waals surface area contributed by atoms with Crippen molar-refractivity contribution in [1.29, 1.82) is 0 Å². The third-order valence-electron chi connectivity index (χ3n) is 4.84. The summed E-state index contributed by atoms with van der Waals surface area (Å²) < 4.78 is 5.59. The minimum atomic E-state index is 0. The summed E-state index contributed by atoms with van der Waals surface area (Å²) in [6, 6.07) is 27.3. The summed E-state index contributed by atoms with van der Waals surface area (Å²) in [6.07, 6.45) is 5.26. The van der Waals surface area contributed by atoms with E-state index in [0.29, 0.717) is 0 Å². The van der Waals surface area contributed by atoms with Crippen LogP contribution in [-0.2, 0) is 33.8 Å². The second-order valence-electron chi connectivity index (χ2n) is 6.47. The van der Waals surface area contributed by atoms with Crippen molar-refractivity contribution in [3.63, 3.8) is 0 Å². The van der Waals surface area contributed by atoms with Gasteiger partial charge in [0, 0.05) is 0 Å². The summed E-state index contributed by atoms with van der Waals surface area (Å²) in [4.78, 5) is 0. The molecule has 3 aliphatic rings. The maximum Gasteiger partial charge on any atom is -0.0454 e. The Balaban J connectivity index is 0.000000186. The molecule has 1 aliphatic heterocycles. The zero-order valence-corrected chi connectivity index (χ0v) is 22.0. The Hall–Kier alpha value is -0.897. The standard InChI is InChI=1S/C13H9.C11H6BrO.2ClH.S.Zr/c1-3-7-12-10(5-1)9-11-6-2-4-8-13(11)12;12-10-6-8-5-7-3-1-2-4-9(7)11(8)13-10;;;;/h1-7H,9H2;1-3,5-6,10H;2*1H;;/q2*-1;;;;+2/p-2. The van der Waals surface area contributed by atoms with E-state index in [4.69, 9.17) is 4.74 Å². The molecule has 3 aromatic rings. The Morgan fingerprint density at radius 1 is 0.933 bits per heavy atom. The van der Waals surface area contributed by atoms with Gasteiger partial charge in [0.05, 0.1) is 5.76 Å². The van der Waals surface area contributed by atoms with Crippen LogP contribution in [0.2, 0.25) is 0 Å². The van der Waals surface area contributed by atoms with Crippen LogP contribution >= 0.6 is 24.8 Å². The van der Waals surface area contributed by atoms with Gasteiger partial charge < -0.3 is 29.6 Å². The third-order valence-corrected chi connectivity index (χ3v) is 5.29. The van der Waals surface area contributed by atoms with Gasteiger partial charge in [0.1, 0.15) is 0 Å². The molecule has 0 saturated heterocycles. The molecule has 0 amide bonds. The number of ether oxygens (including phenoxy) is 1. The quantitative estimate of drug-likeness (QED) is 0.187. The number of alkyl halides is 1. The number of halogens is 3. The monoisotopic (exact) mass is 590 g/mol. The van der Waals surface area contributed by atoms with E-state index in [1.807, 2.05) is 18.2 Å². The van der Waals surface area contributed by atoms with Crippen molar-refractivity contribution in [1.82, 2.24) is 0 Å². The molecule has 0 saturated carbocycles. The number of rotatable bonds is 0. The second kappa shape index (κ2) is 11.6. The summed E-state index contributed by atoms with van der Waals surface area (Å²) in [6.45, 7) is 0. The summed E-state index contributed by atoms with van der Waals surface area (Å²) in [7, 11) is 4.17. The van der Waals surface area contributed by atoms with E-state index in [-0.39, 0.29) is 29.8 Å². The predicted molar refractivity (Wildman–Crippen MR) is 115 cm³/mol. The van der Waals surface area contributed by atoms with E-state index in [2.05, 4.69) is 91.5 Å². The molecular weight excluding hydrogens is 578 g/mol. The Labute approximate surface area is 215 Å². The number of benzene rings is 3. The van der Waals surface area contributed by atoms with Gasteiger partial charge in [-0.2, -0.15) is 0 Å². The summed E-state index contributed by atoms with van der Waals surface area (Å²) in [5.74, 6) is 0.956. The third kappa shape index (κ3) is 5.11. The SMILES string of the molecule is BrC1C=C2C=c3ccc[c-]c3=C2O1.[Cl-].[Cl-].[S]=[Zr+2].[c-]1cccc2c1-c1ccccc1C2. The first-order chi connectivity index (χ1) is 13.8. The van der Waals surface area contributed by atoms with Crippen LogP contribution in [0.3, 0.4) is 0 Å². The van der Waals surface area contributed by atoms with E-state index in [1.54, 1.807) is 0 Å². The fraction of sp³-hybridized carbons (Fsp3) is 0.0833. The van der Waals surface area contributed by atoms with Crippen LogP contribution in [0.25, 0.3) is 23.0 Å². The topological polar surface area (TPSA) is 9.23 Å². The molecular formula is C24H15BrCl2OSZr-2. The van der Waals surface area contributed by atoms with Gasteiger partial charge in [0.25, 0.3) is 0 Å². The molecule has 0 N–H and O–H groups in total. The molecule has 1 atom stereocenters. The number of hydrogen-bond acceptors (Lipinski definition) is 2. The van der Waals surface area contributed by atoms with Crippen molar-refractivity contribution >= 4 is 36.6 Å². The van der Waals surface area contributed by atoms with Crippen LogP contribution in [0.4, 0.5) is 0 Å². The predicted octanol–water partition coefficient (Wildman–Crippen LogP) is -1.22. The van der Waals surface area contributed by atoms with Gasteiger partial charge in [-0.25, -0.2) is 0 Å². The Morgan fingerprint density at radius 3 is 2.47 bits per heavy atom. The van der Waals surface area contributed by atoms with Crippen LogP contribution in [0.15, 0.2) is 72.3 Å². The first-order valence-corrected chi connectivity index (χ1v) is 13.2. The van der Waals surface area contributed by atoms with Gasteiger partial charge in [-0.05, 0) is 34.0 Å². The zero-order valence-electron chi connectivity index (χ0n) is 15.7. The van der Waals surface area contributed by atoms with Gasteiger partial charge in [0.2, 0.25) is 0 Å². The van der Waals surface area contributed by atoms with Gasteiger partial charge >= 0.3 is 31.5 Å². The molecule has 1 unspecified atom stereocenters. The molecule has 2 aliphatic carbocycles. The van der Waals surface area contributed by atoms with Gasteiger partial charge in [-0.15, -0.1) is 70.1 Å². The molecule has 0 spiro atoms. The van der Waals surface area contributed by atoms with E-state index in [1.165, 1.54) is 33.0 Å². The van der Waals surface area contributed by atoms with Crippen molar-refractivity contribution in [2.75, 3.05) is 0 Å². The molecule has 3 aromatic carbocycles. The molecule has 1 heterocycles. The van der Waals surface area contributed by atoms with Crippen LogP contribution < -0.4 is 35.3 Å². The van der Waals surface area contributed by atoms with Crippen molar-refractivity contribution in [3.8, 4) is 11.1 Å². The second-order valence-corrected chi connectivity index (χ2v) is 7.37. The first kappa shape index (κ1) is 25.4. The van der Waals surface area contributed by atoms with Gasteiger partial charge in [-0.3, -0.25) is 0 Å². The summed E-state index contributed by atoms with van der Waals surface area (Å²) in [5.41, 5.74) is 6.65. The minimum absolute atomic E-state index is 0. The van der Waals surface area contributed by atoms with Crippen molar-refractivity contribution in [2.45, 2.75) is 11.4 Å². The van der Waals surface area contributed by atoms with E-state index >= 15 is 0 Å². The summed E-state index contributed by atoms with van der Waals surface area (Å²) >= 11 is 4.53. The molecule has 6 rings (SSSR count). The van der Waals surface area contributed by atoms with Crippen LogP contribution in [0.1, 0.15) is 11.1 Å². The number of fused-ring (bicyclic) bond motifs is 5. The maximum absolute atomic E-state index is 5.59. The van der Waals surface area contributed by atoms with Crippen molar-refractivity contribution in [3.05, 3.63) is 106 Å². The van der Waals surface area contributed by atoms with Crippen LogP contribution in [0.5, 0.6) is 0 Å². The smallest absolute Gasteiger partial charge is 0.0454 e. The molecule has 0 bridgehead atoms. The zero-order chi connectivity index (χ0) is 19.5. The van der Waals surface area contributed by atoms with Gasteiger partial charge in [-0.1, -0.05) is 41.5 Å². The van der Waals surface area contributed by atoms with Crippen LogP contribution in [-0.4, -0.2) is 5.01 Å². The molecule has 0 aromatic heterocycles. The average Bonchev–Trinajstić information content (AvgIpc) is 3.40. The largest absolute Gasteiger partial charge is 0.147 e. The maximum atomic E-state index is 5.59. The number of hydrogen-bond donors (Lipinski definition) is 0. The van der Waals surface area contributed by atoms with E-state index in [9.17, 15) is 0 Å². The molecule has 30 heavy (non-hydrogen) atoms. The average molecular weight is 593 g/mol. The molecule has 150 valence electrons. The Morgan fingerprint density at radius 2 is 1.63 bits per heavy atom. The molecule has 6 heteroatoms.